The standard InChI is InChI=1S/C20H19NO3S2/c1-24-17-12-15(9-10-16(17)22)13-18-19(23)21(20(25)26-18)11-5-8-14-6-3-2-4-7-14/h2-4,6-7,9-10,12-13,22H,5,8,11H2,1H3. The zero-order valence-corrected chi connectivity index (χ0v) is 16.0. The topological polar surface area (TPSA) is 49.8 Å². The summed E-state index contributed by atoms with van der Waals surface area (Å²) in [4.78, 5) is 14.9. The number of methoxy groups -OCH3 is 1. The van der Waals surface area contributed by atoms with E-state index in [1.807, 2.05) is 18.2 Å². The maximum Gasteiger partial charge on any atom is 0.266 e. The molecule has 1 saturated heterocycles. The number of amides is 1. The molecular formula is C20H19NO3S2. The smallest absolute Gasteiger partial charge is 0.266 e. The van der Waals surface area contributed by atoms with E-state index >= 15 is 0 Å². The van der Waals surface area contributed by atoms with Crippen molar-refractivity contribution >= 4 is 40.3 Å². The average molecular weight is 386 g/mol. The maximum absolute atomic E-state index is 12.7. The summed E-state index contributed by atoms with van der Waals surface area (Å²) < 4.78 is 5.69. The fourth-order valence-corrected chi connectivity index (χ4v) is 4.02. The lowest BCUT2D eigenvalue weighted by molar-refractivity contribution is -0.122. The van der Waals surface area contributed by atoms with Gasteiger partial charge in [-0.2, -0.15) is 0 Å². The molecule has 2 aromatic carbocycles. The van der Waals surface area contributed by atoms with Gasteiger partial charge < -0.3 is 9.84 Å². The number of carbonyl (C=O) groups is 1. The molecular weight excluding hydrogens is 366 g/mol. The Balaban J connectivity index is 1.66. The van der Waals surface area contributed by atoms with Crippen LogP contribution in [-0.4, -0.2) is 33.9 Å². The Morgan fingerprint density at radius 3 is 2.73 bits per heavy atom. The van der Waals surface area contributed by atoms with Gasteiger partial charge >= 0.3 is 0 Å². The summed E-state index contributed by atoms with van der Waals surface area (Å²) in [6, 6.07) is 15.2. The third-order valence-electron chi connectivity index (χ3n) is 4.07. The van der Waals surface area contributed by atoms with E-state index in [0.717, 1.165) is 18.4 Å². The summed E-state index contributed by atoms with van der Waals surface area (Å²) in [6.45, 7) is 0.607. The number of thioether (sulfide) groups is 1. The van der Waals surface area contributed by atoms with Gasteiger partial charge in [0.25, 0.3) is 5.91 Å². The van der Waals surface area contributed by atoms with Crippen LogP contribution in [0.5, 0.6) is 11.5 Å². The molecule has 0 radical (unpaired) electrons. The Bertz CT molecular complexity index is 849. The van der Waals surface area contributed by atoms with Crippen molar-refractivity contribution in [3.8, 4) is 11.5 Å². The van der Waals surface area contributed by atoms with Gasteiger partial charge in [-0.1, -0.05) is 60.4 Å². The van der Waals surface area contributed by atoms with Gasteiger partial charge in [0.15, 0.2) is 11.5 Å². The van der Waals surface area contributed by atoms with Gasteiger partial charge in [-0.25, -0.2) is 0 Å². The first-order valence-electron chi connectivity index (χ1n) is 8.25. The number of aryl methyl sites for hydroxylation is 1. The van der Waals surface area contributed by atoms with Gasteiger partial charge in [0.2, 0.25) is 0 Å². The summed E-state index contributed by atoms with van der Waals surface area (Å²) in [6.07, 6.45) is 3.54. The summed E-state index contributed by atoms with van der Waals surface area (Å²) in [5, 5.41) is 9.68. The van der Waals surface area contributed by atoms with E-state index in [2.05, 4.69) is 12.1 Å². The predicted octanol–water partition coefficient (Wildman–Crippen LogP) is 4.23. The van der Waals surface area contributed by atoms with E-state index in [9.17, 15) is 9.90 Å². The van der Waals surface area contributed by atoms with Gasteiger partial charge in [-0.05, 0) is 42.2 Å². The molecule has 0 atom stereocenters. The minimum atomic E-state index is -0.0693. The van der Waals surface area contributed by atoms with Crippen LogP contribution in [0.2, 0.25) is 0 Å². The molecule has 1 heterocycles. The van der Waals surface area contributed by atoms with Crippen molar-refractivity contribution in [3.05, 3.63) is 64.6 Å². The highest BCUT2D eigenvalue weighted by Gasteiger charge is 2.31. The quantitative estimate of drug-likeness (QED) is 0.596. The summed E-state index contributed by atoms with van der Waals surface area (Å²) >= 11 is 6.68. The van der Waals surface area contributed by atoms with Crippen molar-refractivity contribution in [2.75, 3.05) is 13.7 Å². The van der Waals surface area contributed by atoms with E-state index in [1.165, 1.54) is 24.4 Å². The number of phenolic OH excluding ortho intramolecular Hbond substituents is 1. The Kier molecular flexibility index (Phi) is 5.96. The highest BCUT2D eigenvalue weighted by Crippen LogP contribution is 2.34. The van der Waals surface area contributed by atoms with Crippen molar-refractivity contribution in [2.24, 2.45) is 0 Å². The van der Waals surface area contributed by atoms with Gasteiger partial charge in [0.05, 0.1) is 12.0 Å². The number of aromatic hydroxyl groups is 1. The van der Waals surface area contributed by atoms with Crippen LogP contribution in [0.3, 0.4) is 0 Å². The Morgan fingerprint density at radius 1 is 1.23 bits per heavy atom. The van der Waals surface area contributed by atoms with Gasteiger partial charge in [0.1, 0.15) is 4.32 Å². The molecule has 2 aromatic rings. The Morgan fingerprint density at radius 2 is 2.00 bits per heavy atom. The molecule has 1 aliphatic rings. The number of phenols is 1. The minimum Gasteiger partial charge on any atom is -0.504 e. The second-order valence-electron chi connectivity index (χ2n) is 5.85. The molecule has 4 nitrogen and oxygen atoms in total. The summed E-state index contributed by atoms with van der Waals surface area (Å²) in [7, 11) is 1.49. The predicted molar refractivity (Wildman–Crippen MR) is 109 cm³/mol. The van der Waals surface area contributed by atoms with E-state index in [4.69, 9.17) is 17.0 Å². The number of hydrogen-bond donors (Lipinski definition) is 1. The lowest BCUT2D eigenvalue weighted by Crippen LogP contribution is -2.29. The number of rotatable bonds is 6. The summed E-state index contributed by atoms with van der Waals surface area (Å²) in [5.74, 6) is 0.371. The molecule has 134 valence electrons. The molecule has 6 heteroatoms. The number of thiocarbonyl (C=S) groups is 1. The average Bonchev–Trinajstić information content (AvgIpc) is 2.91. The van der Waals surface area contributed by atoms with Crippen LogP contribution in [0.1, 0.15) is 17.5 Å². The molecule has 0 unspecified atom stereocenters. The molecule has 0 aromatic heterocycles. The first-order chi connectivity index (χ1) is 12.6. The van der Waals surface area contributed by atoms with Crippen molar-refractivity contribution in [1.29, 1.82) is 0 Å². The molecule has 0 bridgehead atoms. The van der Waals surface area contributed by atoms with Crippen molar-refractivity contribution in [3.63, 3.8) is 0 Å². The molecule has 3 rings (SSSR count). The summed E-state index contributed by atoms with van der Waals surface area (Å²) in [5.41, 5.74) is 2.04. The SMILES string of the molecule is COc1cc(C=C2SC(=S)N(CCCc3ccccc3)C2=O)ccc1O. The van der Waals surface area contributed by atoms with Crippen LogP contribution in [0.25, 0.3) is 6.08 Å². The molecule has 26 heavy (non-hydrogen) atoms. The van der Waals surface area contributed by atoms with Crippen molar-refractivity contribution in [2.45, 2.75) is 12.8 Å². The van der Waals surface area contributed by atoms with Crippen molar-refractivity contribution in [1.82, 2.24) is 4.90 Å². The van der Waals surface area contributed by atoms with Crippen LogP contribution in [0.4, 0.5) is 0 Å². The fraction of sp³-hybridized carbons (Fsp3) is 0.200. The third-order valence-corrected chi connectivity index (χ3v) is 5.44. The Labute approximate surface area is 162 Å². The number of ether oxygens (including phenoxy) is 1. The zero-order chi connectivity index (χ0) is 18.5. The van der Waals surface area contributed by atoms with Crippen LogP contribution < -0.4 is 4.74 Å². The van der Waals surface area contributed by atoms with E-state index in [-0.39, 0.29) is 11.7 Å². The lowest BCUT2D eigenvalue weighted by Gasteiger charge is -2.14. The highest BCUT2D eigenvalue weighted by molar-refractivity contribution is 8.26. The first-order valence-corrected chi connectivity index (χ1v) is 9.47. The van der Waals surface area contributed by atoms with E-state index in [1.54, 1.807) is 29.2 Å². The Hall–Kier alpha value is -2.31. The molecule has 1 aliphatic heterocycles. The van der Waals surface area contributed by atoms with Gasteiger partial charge in [0, 0.05) is 6.54 Å². The molecule has 0 aliphatic carbocycles. The maximum atomic E-state index is 12.7. The van der Waals surface area contributed by atoms with Gasteiger partial charge in [-0.15, -0.1) is 0 Å². The third kappa shape index (κ3) is 4.26. The normalized spacial score (nSPS) is 15.7. The van der Waals surface area contributed by atoms with E-state index in [0.29, 0.717) is 21.5 Å². The molecule has 0 spiro atoms. The molecule has 1 N–H and O–H groups in total. The fourth-order valence-electron chi connectivity index (χ4n) is 2.71. The highest BCUT2D eigenvalue weighted by atomic mass is 32.2. The van der Waals surface area contributed by atoms with Crippen LogP contribution in [0.15, 0.2) is 53.4 Å². The lowest BCUT2D eigenvalue weighted by atomic mass is 10.1. The number of carbonyl (C=O) groups excluding carboxylic acids is 1. The van der Waals surface area contributed by atoms with Gasteiger partial charge in [-0.3, -0.25) is 9.69 Å². The minimum absolute atomic E-state index is 0.0677. The van der Waals surface area contributed by atoms with Crippen LogP contribution >= 0.6 is 24.0 Å². The second-order valence-corrected chi connectivity index (χ2v) is 7.53. The number of hydrogen-bond acceptors (Lipinski definition) is 5. The zero-order valence-electron chi connectivity index (χ0n) is 14.3. The molecule has 0 saturated carbocycles. The van der Waals surface area contributed by atoms with Crippen LogP contribution in [0, 0.1) is 0 Å². The molecule has 1 fully saturated rings. The largest absolute Gasteiger partial charge is 0.504 e. The second kappa shape index (κ2) is 8.38. The first kappa shape index (κ1) is 18.5. The monoisotopic (exact) mass is 385 g/mol. The molecule has 1 amide bonds. The number of nitrogens with zero attached hydrogens (tertiary/aromatic N) is 1. The van der Waals surface area contributed by atoms with E-state index < -0.39 is 0 Å². The van der Waals surface area contributed by atoms with Crippen LogP contribution in [-0.2, 0) is 11.2 Å². The number of benzene rings is 2. The van der Waals surface area contributed by atoms with Crippen molar-refractivity contribution < 1.29 is 14.6 Å².